The largest absolute Gasteiger partial charge is 0.324 e. The second kappa shape index (κ2) is 10.4. The van der Waals surface area contributed by atoms with E-state index in [1.165, 1.54) is 42.6 Å². The molecule has 0 bridgehead atoms. The lowest BCUT2D eigenvalue weighted by Gasteiger charge is -2.21. The van der Waals surface area contributed by atoms with Gasteiger partial charge in [0, 0.05) is 18.8 Å². The van der Waals surface area contributed by atoms with Crippen LogP contribution in [0.5, 0.6) is 0 Å². The van der Waals surface area contributed by atoms with Crippen LogP contribution in [0.15, 0.2) is 78.9 Å². The number of rotatable bonds is 8. The van der Waals surface area contributed by atoms with Crippen molar-refractivity contribution in [2.24, 2.45) is 0 Å². The molecule has 0 spiro atoms. The highest BCUT2D eigenvalue weighted by atomic mass is 16.2. The number of likely N-dealkylation sites (tertiary alicyclic amines) is 1. The summed E-state index contributed by atoms with van der Waals surface area (Å²) in [6.07, 6.45) is 2.57. The fourth-order valence-corrected chi connectivity index (χ4v) is 4.14. The summed E-state index contributed by atoms with van der Waals surface area (Å²) in [4.78, 5) is 15.7. The van der Waals surface area contributed by atoms with Crippen LogP contribution < -0.4 is 10.6 Å². The zero-order chi connectivity index (χ0) is 21.5. The van der Waals surface area contributed by atoms with Crippen molar-refractivity contribution in [3.63, 3.8) is 0 Å². The molecule has 1 atom stereocenters. The van der Waals surface area contributed by atoms with Gasteiger partial charge in [0.2, 0.25) is 5.91 Å². The van der Waals surface area contributed by atoms with E-state index in [0.717, 1.165) is 17.8 Å². The predicted molar refractivity (Wildman–Crippen MR) is 127 cm³/mol. The van der Waals surface area contributed by atoms with Crippen LogP contribution in [0.3, 0.4) is 0 Å². The minimum Gasteiger partial charge on any atom is -0.324 e. The number of aryl methyl sites for hydroxylation is 1. The Kier molecular flexibility index (Phi) is 7.13. The lowest BCUT2D eigenvalue weighted by atomic mass is 10.0. The molecule has 1 fully saturated rings. The normalized spacial score (nSPS) is 15.0. The molecule has 3 aromatic rings. The first-order chi connectivity index (χ1) is 15.2. The third kappa shape index (κ3) is 5.81. The average Bonchev–Trinajstić information content (AvgIpc) is 3.30. The van der Waals surface area contributed by atoms with Gasteiger partial charge in [-0.1, -0.05) is 72.3 Å². The van der Waals surface area contributed by atoms with Gasteiger partial charge >= 0.3 is 0 Å². The smallest absolute Gasteiger partial charge is 0.246 e. The van der Waals surface area contributed by atoms with Gasteiger partial charge in [-0.25, -0.2) is 0 Å². The first-order valence-corrected chi connectivity index (χ1v) is 11.1. The van der Waals surface area contributed by atoms with Crippen molar-refractivity contribution in [1.29, 1.82) is 0 Å². The SMILES string of the molecule is Cc1ccc(NC(=O)[C@H](NCc2ccccc2CN2CCCC2)c2ccccc2)cc1. The Morgan fingerprint density at radius 1 is 0.871 bits per heavy atom. The van der Waals surface area contributed by atoms with E-state index in [4.69, 9.17) is 0 Å². The molecule has 0 unspecified atom stereocenters. The topological polar surface area (TPSA) is 44.4 Å². The van der Waals surface area contributed by atoms with Crippen molar-refractivity contribution < 1.29 is 4.79 Å². The highest BCUT2D eigenvalue weighted by Crippen LogP contribution is 2.20. The van der Waals surface area contributed by atoms with E-state index >= 15 is 0 Å². The first-order valence-electron chi connectivity index (χ1n) is 11.1. The van der Waals surface area contributed by atoms with Crippen LogP contribution in [0, 0.1) is 6.92 Å². The minimum atomic E-state index is -0.428. The molecule has 1 saturated heterocycles. The number of anilines is 1. The summed E-state index contributed by atoms with van der Waals surface area (Å²) in [7, 11) is 0. The van der Waals surface area contributed by atoms with Crippen molar-refractivity contribution >= 4 is 11.6 Å². The van der Waals surface area contributed by atoms with E-state index in [1.807, 2.05) is 61.5 Å². The highest BCUT2D eigenvalue weighted by Gasteiger charge is 2.21. The zero-order valence-corrected chi connectivity index (χ0v) is 18.2. The number of carbonyl (C=O) groups is 1. The van der Waals surface area contributed by atoms with Crippen molar-refractivity contribution in [1.82, 2.24) is 10.2 Å². The van der Waals surface area contributed by atoms with E-state index in [2.05, 4.69) is 39.8 Å². The van der Waals surface area contributed by atoms with Gasteiger partial charge in [0.1, 0.15) is 6.04 Å². The molecule has 4 heteroatoms. The van der Waals surface area contributed by atoms with Gasteiger partial charge in [-0.15, -0.1) is 0 Å². The molecule has 1 heterocycles. The van der Waals surface area contributed by atoms with Crippen LogP contribution in [-0.2, 0) is 17.9 Å². The van der Waals surface area contributed by atoms with Crippen molar-refractivity contribution in [2.75, 3.05) is 18.4 Å². The fourth-order valence-electron chi connectivity index (χ4n) is 4.14. The molecule has 1 amide bonds. The molecule has 4 nitrogen and oxygen atoms in total. The van der Waals surface area contributed by atoms with E-state index in [-0.39, 0.29) is 5.91 Å². The Morgan fingerprint density at radius 3 is 2.23 bits per heavy atom. The quantitative estimate of drug-likeness (QED) is 0.542. The molecular weight excluding hydrogens is 382 g/mol. The number of amides is 1. The molecule has 0 saturated carbocycles. The van der Waals surface area contributed by atoms with Gasteiger partial charge < -0.3 is 5.32 Å². The number of nitrogens with one attached hydrogen (secondary N) is 2. The molecule has 1 aliphatic heterocycles. The molecule has 0 radical (unpaired) electrons. The Morgan fingerprint density at radius 2 is 1.52 bits per heavy atom. The number of benzene rings is 3. The van der Waals surface area contributed by atoms with E-state index < -0.39 is 6.04 Å². The van der Waals surface area contributed by atoms with E-state index in [9.17, 15) is 4.79 Å². The van der Waals surface area contributed by atoms with Crippen LogP contribution >= 0.6 is 0 Å². The molecular formula is C27H31N3O. The zero-order valence-electron chi connectivity index (χ0n) is 18.2. The Balaban J connectivity index is 1.49. The van der Waals surface area contributed by atoms with Crippen LogP contribution in [0.2, 0.25) is 0 Å². The van der Waals surface area contributed by atoms with Gasteiger partial charge in [-0.3, -0.25) is 15.0 Å². The molecule has 0 aliphatic carbocycles. The molecule has 4 rings (SSSR count). The fraction of sp³-hybridized carbons (Fsp3) is 0.296. The molecule has 160 valence electrons. The van der Waals surface area contributed by atoms with Gasteiger partial charge in [-0.05, 0) is 61.7 Å². The Labute approximate surface area is 185 Å². The number of hydrogen-bond acceptors (Lipinski definition) is 3. The van der Waals surface area contributed by atoms with Crippen LogP contribution in [0.1, 0.15) is 41.1 Å². The summed E-state index contributed by atoms with van der Waals surface area (Å²) in [5.74, 6) is -0.0490. The Hall–Kier alpha value is -2.95. The predicted octanol–water partition coefficient (Wildman–Crippen LogP) is 5.06. The van der Waals surface area contributed by atoms with E-state index in [0.29, 0.717) is 6.54 Å². The molecule has 1 aliphatic rings. The van der Waals surface area contributed by atoms with Crippen molar-refractivity contribution in [3.8, 4) is 0 Å². The third-order valence-corrected chi connectivity index (χ3v) is 5.92. The van der Waals surface area contributed by atoms with Crippen molar-refractivity contribution in [3.05, 3.63) is 101 Å². The first kappa shape index (κ1) is 21.3. The van der Waals surface area contributed by atoms with E-state index in [1.54, 1.807) is 0 Å². The van der Waals surface area contributed by atoms with Gasteiger partial charge in [0.25, 0.3) is 0 Å². The number of nitrogens with zero attached hydrogens (tertiary/aromatic N) is 1. The minimum absolute atomic E-state index is 0.0490. The van der Waals surface area contributed by atoms with Crippen LogP contribution in [0.4, 0.5) is 5.69 Å². The summed E-state index contributed by atoms with van der Waals surface area (Å²) in [6, 6.07) is 26.0. The van der Waals surface area contributed by atoms with Gasteiger partial charge in [0.05, 0.1) is 0 Å². The number of hydrogen-bond donors (Lipinski definition) is 2. The highest BCUT2D eigenvalue weighted by molar-refractivity contribution is 5.95. The van der Waals surface area contributed by atoms with Crippen LogP contribution in [-0.4, -0.2) is 23.9 Å². The third-order valence-electron chi connectivity index (χ3n) is 5.92. The lowest BCUT2D eigenvalue weighted by molar-refractivity contribution is -0.118. The standard InChI is InChI=1S/C27H31N3O/c1-21-13-15-25(16-14-21)29-27(31)26(22-9-3-2-4-10-22)28-19-23-11-5-6-12-24(23)20-30-17-7-8-18-30/h2-6,9-16,26,28H,7-8,17-20H2,1H3,(H,29,31)/t26-/m1/s1. The monoisotopic (exact) mass is 413 g/mol. The molecule has 2 N–H and O–H groups in total. The molecule has 0 aromatic heterocycles. The average molecular weight is 414 g/mol. The summed E-state index contributed by atoms with van der Waals surface area (Å²) in [6.45, 7) is 6.01. The molecule has 3 aromatic carbocycles. The maximum atomic E-state index is 13.2. The summed E-state index contributed by atoms with van der Waals surface area (Å²) in [5, 5.41) is 6.59. The second-order valence-electron chi connectivity index (χ2n) is 8.33. The van der Waals surface area contributed by atoms with Crippen LogP contribution in [0.25, 0.3) is 0 Å². The maximum absolute atomic E-state index is 13.2. The van der Waals surface area contributed by atoms with Gasteiger partial charge in [-0.2, -0.15) is 0 Å². The Bertz CT molecular complexity index is 979. The maximum Gasteiger partial charge on any atom is 0.246 e. The summed E-state index contributed by atoms with van der Waals surface area (Å²) < 4.78 is 0. The second-order valence-corrected chi connectivity index (χ2v) is 8.33. The lowest BCUT2D eigenvalue weighted by Crippen LogP contribution is -2.33. The number of carbonyl (C=O) groups excluding carboxylic acids is 1. The van der Waals surface area contributed by atoms with Crippen molar-refractivity contribution in [2.45, 2.75) is 38.9 Å². The summed E-state index contributed by atoms with van der Waals surface area (Å²) in [5.41, 5.74) is 5.53. The summed E-state index contributed by atoms with van der Waals surface area (Å²) >= 11 is 0. The molecule has 31 heavy (non-hydrogen) atoms. The van der Waals surface area contributed by atoms with Gasteiger partial charge in [0.15, 0.2) is 0 Å².